The van der Waals surface area contributed by atoms with Gasteiger partial charge in [-0.3, -0.25) is 0 Å². The van der Waals surface area contributed by atoms with Crippen LogP contribution in [0.4, 0.5) is 4.39 Å². The number of hydrogen-bond donors (Lipinski definition) is 2. The van der Waals surface area contributed by atoms with Gasteiger partial charge in [0.05, 0.1) is 0 Å². The van der Waals surface area contributed by atoms with Gasteiger partial charge in [-0.05, 0) is 36.6 Å². The van der Waals surface area contributed by atoms with Crippen molar-refractivity contribution in [3.63, 3.8) is 0 Å². The first-order valence-electron chi connectivity index (χ1n) is 6.70. The summed E-state index contributed by atoms with van der Waals surface area (Å²) in [6.45, 7) is 6.79. The minimum Gasteiger partial charge on any atom is -0.316 e. The van der Waals surface area contributed by atoms with E-state index in [9.17, 15) is 12.8 Å². The second-order valence-corrected chi connectivity index (χ2v) is 7.10. The minimum atomic E-state index is -3.81. The molecule has 1 aromatic rings. The summed E-state index contributed by atoms with van der Waals surface area (Å²) in [5, 5.41) is 2.91. The van der Waals surface area contributed by atoms with Crippen LogP contribution < -0.4 is 10.0 Å². The molecular weight excluding hydrogens is 279 g/mol. The number of sulfonamides is 1. The molecule has 0 bridgehead atoms. The Morgan fingerprint density at radius 3 is 2.45 bits per heavy atom. The zero-order valence-electron chi connectivity index (χ0n) is 12.4. The van der Waals surface area contributed by atoms with Gasteiger partial charge in [0, 0.05) is 13.1 Å². The molecule has 1 aromatic carbocycles. The summed E-state index contributed by atoms with van der Waals surface area (Å²) in [4.78, 5) is -0.291. The van der Waals surface area contributed by atoms with Crippen molar-refractivity contribution in [3.05, 3.63) is 29.6 Å². The molecule has 0 aromatic heterocycles. The van der Waals surface area contributed by atoms with Crippen molar-refractivity contribution in [2.75, 3.05) is 13.6 Å². The predicted octanol–water partition coefficient (Wildman–Crippen LogP) is 2.12. The van der Waals surface area contributed by atoms with E-state index in [1.165, 1.54) is 12.1 Å². The lowest BCUT2D eigenvalue weighted by atomic mass is 9.99. The normalized spacial score (nSPS) is 13.7. The summed E-state index contributed by atoms with van der Waals surface area (Å²) >= 11 is 0. The predicted molar refractivity (Wildman–Crippen MR) is 78.4 cm³/mol. The van der Waals surface area contributed by atoms with Crippen LogP contribution in [0.5, 0.6) is 0 Å². The zero-order valence-corrected chi connectivity index (χ0v) is 13.2. The molecule has 114 valence electrons. The van der Waals surface area contributed by atoms with Crippen LogP contribution in [0.3, 0.4) is 0 Å². The number of rotatable bonds is 7. The van der Waals surface area contributed by atoms with Gasteiger partial charge in [0.15, 0.2) is 0 Å². The number of hydrogen-bond acceptors (Lipinski definition) is 3. The molecule has 0 aliphatic rings. The van der Waals surface area contributed by atoms with Crippen LogP contribution in [0.2, 0.25) is 0 Å². The van der Waals surface area contributed by atoms with Gasteiger partial charge in [-0.1, -0.05) is 26.8 Å². The van der Waals surface area contributed by atoms with Crippen LogP contribution in [0, 0.1) is 17.7 Å². The van der Waals surface area contributed by atoms with Crippen LogP contribution in [-0.2, 0) is 16.6 Å². The van der Waals surface area contributed by atoms with E-state index in [1.54, 1.807) is 13.1 Å². The van der Waals surface area contributed by atoms with E-state index in [0.29, 0.717) is 19.0 Å². The van der Waals surface area contributed by atoms with Gasteiger partial charge >= 0.3 is 0 Å². The van der Waals surface area contributed by atoms with E-state index < -0.39 is 15.8 Å². The van der Waals surface area contributed by atoms with Crippen molar-refractivity contribution in [1.29, 1.82) is 0 Å². The Morgan fingerprint density at radius 2 is 1.90 bits per heavy atom. The number of benzene rings is 1. The standard InChI is InChI=1S/C14H23FN2O2S/c1-10(2)11(3)8-17-20(18,19)14-7-12(9-16-4)5-6-13(14)15/h5-7,10-11,16-17H,8-9H2,1-4H3. The van der Waals surface area contributed by atoms with Crippen molar-refractivity contribution in [1.82, 2.24) is 10.0 Å². The second kappa shape index (κ2) is 7.15. The summed E-state index contributed by atoms with van der Waals surface area (Å²) in [6.07, 6.45) is 0. The number of nitrogens with one attached hydrogen (secondary N) is 2. The third-order valence-electron chi connectivity index (χ3n) is 3.40. The van der Waals surface area contributed by atoms with Gasteiger partial charge in [0.1, 0.15) is 10.7 Å². The lowest BCUT2D eigenvalue weighted by molar-refractivity contribution is 0.414. The highest BCUT2D eigenvalue weighted by molar-refractivity contribution is 7.89. The Hall–Kier alpha value is -0.980. The Labute approximate surface area is 120 Å². The SMILES string of the molecule is CNCc1ccc(F)c(S(=O)(=O)NCC(C)C(C)C)c1. The zero-order chi connectivity index (χ0) is 15.3. The molecule has 20 heavy (non-hydrogen) atoms. The van der Waals surface area contributed by atoms with Gasteiger partial charge in [0.25, 0.3) is 0 Å². The highest BCUT2D eigenvalue weighted by Gasteiger charge is 2.20. The molecule has 0 amide bonds. The molecule has 0 saturated heterocycles. The van der Waals surface area contributed by atoms with Crippen LogP contribution in [-0.4, -0.2) is 22.0 Å². The van der Waals surface area contributed by atoms with Gasteiger partial charge in [0.2, 0.25) is 10.0 Å². The topological polar surface area (TPSA) is 58.2 Å². The summed E-state index contributed by atoms with van der Waals surface area (Å²) in [5.41, 5.74) is 0.728. The summed E-state index contributed by atoms with van der Waals surface area (Å²) in [5.74, 6) is -0.180. The summed E-state index contributed by atoms with van der Waals surface area (Å²) < 4.78 is 40.6. The molecule has 2 N–H and O–H groups in total. The van der Waals surface area contributed by atoms with Crippen LogP contribution >= 0.6 is 0 Å². The van der Waals surface area contributed by atoms with Gasteiger partial charge in [-0.2, -0.15) is 0 Å². The third-order valence-corrected chi connectivity index (χ3v) is 4.84. The van der Waals surface area contributed by atoms with E-state index >= 15 is 0 Å². The van der Waals surface area contributed by atoms with E-state index in [4.69, 9.17) is 0 Å². The van der Waals surface area contributed by atoms with Crippen LogP contribution in [0.1, 0.15) is 26.3 Å². The van der Waals surface area contributed by atoms with Crippen LogP contribution in [0.15, 0.2) is 23.1 Å². The first-order chi connectivity index (χ1) is 9.27. The Morgan fingerprint density at radius 1 is 1.25 bits per heavy atom. The molecule has 0 radical (unpaired) electrons. The maximum Gasteiger partial charge on any atom is 0.243 e. The molecule has 0 saturated carbocycles. The molecule has 0 heterocycles. The fraction of sp³-hybridized carbons (Fsp3) is 0.571. The lowest BCUT2D eigenvalue weighted by Crippen LogP contribution is -2.31. The van der Waals surface area contributed by atoms with Gasteiger partial charge < -0.3 is 5.32 Å². The van der Waals surface area contributed by atoms with E-state index in [1.807, 2.05) is 20.8 Å². The maximum absolute atomic E-state index is 13.7. The highest BCUT2D eigenvalue weighted by Crippen LogP contribution is 2.17. The molecule has 0 aliphatic carbocycles. The largest absolute Gasteiger partial charge is 0.316 e. The first kappa shape index (κ1) is 17.1. The summed E-state index contributed by atoms with van der Waals surface area (Å²) in [7, 11) is -2.06. The molecular formula is C14H23FN2O2S. The van der Waals surface area contributed by atoms with Gasteiger partial charge in [-0.25, -0.2) is 17.5 Å². The maximum atomic E-state index is 13.7. The quantitative estimate of drug-likeness (QED) is 0.811. The minimum absolute atomic E-state index is 0.188. The molecule has 0 fully saturated rings. The molecule has 0 spiro atoms. The van der Waals surface area contributed by atoms with Crippen molar-refractivity contribution < 1.29 is 12.8 Å². The lowest BCUT2D eigenvalue weighted by Gasteiger charge is -2.16. The number of halogens is 1. The average Bonchev–Trinajstić information content (AvgIpc) is 2.38. The fourth-order valence-electron chi connectivity index (χ4n) is 1.62. The van der Waals surface area contributed by atoms with Crippen LogP contribution in [0.25, 0.3) is 0 Å². The summed E-state index contributed by atoms with van der Waals surface area (Å²) in [6, 6.07) is 4.13. The van der Waals surface area contributed by atoms with Crippen molar-refractivity contribution in [2.24, 2.45) is 11.8 Å². The second-order valence-electron chi connectivity index (χ2n) is 5.37. The molecule has 1 rings (SSSR count). The Balaban J connectivity index is 2.94. The van der Waals surface area contributed by atoms with E-state index in [2.05, 4.69) is 10.0 Å². The Kier molecular flexibility index (Phi) is 6.10. The Bertz CT molecular complexity index is 544. The smallest absolute Gasteiger partial charge is 0.243 e. The van der Waals surface area contributed by atoms with E-state index in [-0.39, 0.29) is 10.8 Å². The molecule has 1 unspecified atom stereocenters. The molecule has 1 atom stereocenters. The fourth-order valence-corrected chi connectivity index (χ4v) is 2.89. The average molecular weight is 302 g/mol. The van der Waals surface area contributed by atoms with E-state index in [0.717, 1.165) is 5.56 Å². The highest BCUT2D eigenvalue weighted by atomic mass is 32.2. The van der Waals surface area contributed by atoms with Crippen molar-refractivity contribution in [3.8, 4) is 0 Å². The first-order valence-corrected chi connectivity index (χ1v) is 8.19. The van der Waals surface area contributed by atoms with Crippen molar-refractivity contribution in [2.45, 2.75) is 32.2 Å². The molecule has 0 aliphatic heterocycles. The molecule has 6 heteroatoms. The van der Waals surface area contributed by atoms with Crippen molar-refractivity contribution >= 4 is 10.0 Å². The van der Waals surface area contributed by atoms with Gasteiger partial charge in [-0.15, -0.1) is 0 Å². The monoisotopic (exact) mass is 302 g/mol. The third kappa shape index (κ3) is 4.54. The molecule has 4 nitrogen and oxygen atoms in total.